The molecular weight excluding hydrogens is 165 g/mol. The summed E-state index contributed by atoms with van der Waals surface area (Å²) in [6.45, 7) is 0. The second-order valence-electron chi connectivity index (χ2n) is 0. The van der Waals surface area contributed by atoms with Crippen LogP contribution in [-0.4, -0.2) is 0 Å². The van der Waals surface area contributed by atoms with E-state index in [2.05, 4.69) is 0 Å². The first kappa shape index (κ1) is 24.3. The standard InChI is InChI=1S/BrH.K.2Na.2H/h1H;;;;;/q;3*+1;2*-1/p-1. The van der Waals surface area contributed by atoms with Crippen LogP contribution >= 0.6 is 0 Å². The zero-order valence-corrected chi connectivity index (χ0v) is 12.1. The van der Waals surface area contributed by atoms with Gasteiger partial charge in [0.15, 0.2) is 0 Å². The average Bonchev–Trinajstić information content (AvgIpc) is 0. The van der Waals surface area contributed by atoms with Crippen molar-refractivity contribution in [3.63, 3.8) is 0 Å². The van der Waals surface area contributed by atoms with Gasteiger partial charge in [0.2, 0.25) is 0 Å². The number of halogens is 1. The SMILES string of the molecule is [Br-].[H-].[H-].[K+].[Na+].[Na+]. The third-order valence-electron chi connectivity index (χ3n) is 0. The summed E-state index contributed by atoms with van der Waals surface area (Å²) in [4.78, 5) is 0. The van der Waals surface area contributed by atoms with E-state index in [-0.39, 0.29) is 130 Å². The van der Waals surface area contributed by atoms with E-state index in [4.69, 9.17) is 0 Å². The summed E-state index contributed by atoms with van der Waals surface area (Å²) in [5.41, 5.74) is 0. The normalized spacial score (nSPS) is 0. The summed E-state index contributed by atoms with van der Waals surface area (Å²) >= 11 is 0. The Labute approximate surface area is 127 Å². The Balaban J connectivity index is 0. The quantitative estimate of drug-likeness (QED) is 0.314. The molecule has 0 unspecified atom stereocenters. The summed E-state index contributed by atoms with van der Waals surface area (Å²) in [6.07, 6.45) is 0. The monoisotopic (exact) mass is 166 g/mol. The Hall–Kier alpha value is 4.12. The van der Waals surface area contributed by atoms with Crippen LogP contribution in [0.1, 0.15) is 2.85 Å². The molecule has 4 heavy (non-hydrogen) atoms. The fraction of sp³-hybridized carbons (Fsp3) is 0. The minimum absolute atomic E-state index is 0. The molecule has 0 aliphatic rings. The molecule has 0 nitrogen and oxygen atoms in total. The van der Waals surface area contributed by atoms with Crippen molar-refractivity contribution in [2.24, 2.45) is 0 Å². The zero-order chi connectivity index (χ0) is 0. The fourth-order valence-corrected chi connectivity index (χ4v) is 0. The Bertz CT molecular complexity index is 11.5. The molecule has 0 aliphatic carbocycles. The minimum Gasteiger partial charge on any atom is -1.00 e. The zero-order valence-electron chi connectivity index (χ0n) is 5.38. The Morgan fingerprint density at radius 1 is 1.00 bits per heavy atom. The van der Waals surface area contributed by atoms with E-state index in [9.17, 15) is 0 Å². The van der Waals surface area contributed by atoms with Gasteiger partial charge in [-0.25, -0.2) is 0 Å². The molecule has 0 radical (unpaired) electrons. The summed E-state index contributed by atoms with van der Waals surface area (Å²) in [7, 11) is 0. The van der Waals surface area contributed by atoms with Gasteiger partial charge in [-0.3, -0.25) is 0 Å². The van der Waals surface area contributed by atoms with Crippen LogP contribution in [0.2, 0.25) is 0 Å². The second-order valence-corrected chi connectivity index (χ2v) is 0. The Morgan fingerprint density at radius 2 is 1.00 bits per heavy atom. The maximum Gasteiger partial charge on any atom is 1.00 e. The maximum atomic E-state index is 0. The molecule has 0 heterocycles. The van der Waals surface area contributed by atoms with Crippen LogP contribution in [0.5, 0.6) is 0 Å². The van der Waals surface area contributed by atoms with Gasteiger partial charge in [-0.15, -0.1) is 0 Å². The van der Waals surface area contributed by atoms with E-state index in [1.54, 1.807) is 0 Å². The first-order valence-corrected chi connectivity index (χ1v) is 0. The molecule has 0 saturated carbocycles. The van der Waals surface area contributed by atoms with Crippen molar-refractivity contribution in [2.75, 3.05) is 0 Å². The fourth-order valence-electron chi connectivity index (χ4n) is 0. The van der Waals surface area contributed by atoms with E-state index in [0.717, 1.165) is 0 Å². The van der Waals surface area contributed by atoms with Gasteiger partial charge in [0, 0.05) is 0 Å². The van der Waals surface area contributed by atoms with Crippen LogP contribution in [0.3, 0.4) is 0 Å². The van der Waals surface area contributed by atoms with Gasteiger partial charge in [0.1, 0.15) is 0 Å². The van der Waals surface area contributed by atoms with Gasteiger partial charge < -0.3 is 19.8 Å². The van der Waals surface area contributed by atoms with Crippen molar-refractivity contribution >= 4 is 0 Å². The summed E-state index contributed by atoms with van der Waals surface area (Å²) in [5.74, 6) is 0. The average molecular weight is 167 g/mol. The molecule has 0 aliphatic heterocycles. The molecule has 0 bridgehead atoms. The van der Waals surface area contributed by atoms with Crippen molar-refractivity contribution in [3.05, 3.63) is 0 Å². The molecule has 0 aromatic rings. The predicted molar refractivity (Wildman–Crippen MR) is 2.22 cm³/mol. The van der Waals surface area contributed by atoms with Crippen molar-refractivity contribution in [3.8, 4) is 0 Å². The first-order chi connectivity index (χ1) is 0. The van der Waals surface area contributed by atoms with Gasteiger partial charge >= 0.3 is 110 Å². The third kappa shape index (κ3) is 9.45. The first-order valence-electron chi connectivity index (χ1n) is 0. The summed E-state index contributed by atoms with van der Waals surface area (Å²) in [6, 6.07) is 0. The van der Waals surface area contributed by atoms with Crippen LogP contribution < -0.4 is 127 Å². The molecule has 0 saturated heterocycles. The molecule has 4 heteroatoms. The molecule has 12 valence electrons. The second kappa shape index (κ2) is 15.7. The smallest absolute Gasteiger partial charge is 1.00 e. The van der Waals surface area contributed by atoms with Crippen LogP contribution in [0.4, 0.5) is 0 Å². The van der Waals surface area contributed by atoms with Crippen LogP contribution in [-0.2, 0) is 0 Å². The van der Waals surface area contributed by atoms with Gasteiger partial charge in [-0.2, -0.15) is 0 Å². The van der Waals surface area contributed by atoms with Crippen molar-refractivity contribution < 1.29 is 130 Å². The van der Waals surface area contributed by atoms with E-state index in [1.807, 2.05) is 0 Å². The molecule has 0 aromatic carbocycles. The number of rotatable bonds is 0. The molecule has 0 fully saturated rings. The Morgan fingerprint density at radius 3 is 1.00 bits per heavy atom. The molecular formula is H2BrKNa2. The van der Waals surface area contributed by atoms with E-state index in [1.165, 1.54) is 0 Å². The molecule has 0 aromatic heterocycles. The predicted octanol–water partition coefficient (Wildman–Crippen LogP) is -11.8. The van der Waals surface area contributed by atoms with Gasteiger partial charge in [-0.05, 0) is 0 Å². The largest absolute Gasteiger partial charge is 1.00 e. The molecule has 0 atom stereocenters. The van der Waals surface area contributed by atoms with Gasteiger partial charge in [-0.1, -0.05) is 0 Å². The van der Waals surface area contributed by atoms with Gasteiger partial charge in [0.05, 0.1) is 0 Å². The maximum absolute atomic E-state index is 0. The molecule has 0 N–H and O–H groups in total. The molecule has 0 rings (SSSR count). The van der Waals surface area contributed by atoms with Gasteiger partial charge in [0.25, 0.3) is 0 Å². The Kier molecular flexibility index (Phi) is 95.3. The van der Waals surface area contributed by atoms with Crippen molar-refractivity contribution in [1.29, 1.82) is 0 Å². The van der Waals surface area contributed by atoms with E-state index in [0.29, 0.717) is 0 Å². The van der Waals surface area contributed by atoms with Crippen LogP contribution in [0.25, 0.3) is 0 Å². The molecule has 0 amide bonds. The number of hydrogen-bond donors (Lipinski definition) is 0. The topological polar surface area (TPSA) is 0 Å². The summed E-state index contributed by atoms with van der Waals surface area (Å²) < 4.78 is 0. The third-order valence-corrected chi connectivity index (χ3v) is 0. The van der Waals surface area contributed by atoms with E-state index >= 15 is 0 Å². The van der Waals surface area contributed by atoms with Crippen LogP contribution in [0.15, 0.2) is 0 Å². The summed E-state index contributed by atoms with van der Waals surface area (Å²) in [5, 5.41) is 0. The van der Waals surface area contributed by atoms with Crippen molar-refractivity contribution in [2.45, 2.75) is 0 Å². The minimum atomic E-state index is 0. The van der Waals surface area contributed by atoms with Crippen LogP contribution in [0, 0.1) is 0 Å². The number of hydrogen-bond acceptors (Lipinski definition) is 0. The van der Waals surface area contributed by atoms with Crippen molar-refractivity contribution in [1.82, 2.24) is 0 Å². The van der Waals surface area contributed by atoms with E-state index < -0.39 is 0 Å². The molecule has 0 spiro atoms.